The molecule has 82 heavy (non-hydrogen) atoms. The number of nitrogens with one attached hydrogen (secondary N) is 1. The first-order chi connectivity index (χ1) is 40.7. The van der Waals surface area contributed by atoms with E-state index in [1.54, 1.807) is 0 Å². The first kappa shape index (κ1) is 48.5. The normalized spacial score (nSPS) is 14.9. The van der Waals surface area contributed by atoms with Gasteiger partial charge in [0.15, 0.2) is 5.84 Å². The van der Waals surface area contributed by atoms with Crippen LogP contribution in [0.15, 0.2) is 313 Å². The van der Waals surface area contributed by atoms with Crippen molar-refractivity contribution in [2.24, 2.45) is 9.98 Å². The van der Waals surface area contributed by atoms with Gasteiger partial charge in [-0.15, -0.1) is 0 Å². The number of nitrogens with zero attached hydrogens (tertiary/aromatic N) is 4. The van der Waals surface area contributed by atoms with Crippen molar-refractivity contribution in [3.63, 3.8) is 0 Å². The maximum absolute atomic E-state index is 5.37. The molecule has 1 aliphatic heterocycles. The Kier molecular flexibility index (Phi) is 12.3. The van der Waals surface area contributed by atoms with Gasteiger partial charge in [0.1, 0.15) is 12.0 Å². The van der Waals surface area contributed by atoms with Crippen molar-refractivity contribution >= 4 is 66.4 Å². The number of aromatic nitrogens is 2. The highest BCUT2D eigenvalue weighted by atomic mass is 15.2. The lowest BCUT2D eigenvalue weighted by atomic mass is 9.85. The third-order valence-corrected chi connectivity index (χ3v) is 16.4. The summed E-state index contributed by atoms with van der Waals surface area (Å²) in [6.07, 6.45) is 9.43. The fraction of sp³-hybridized carbons (Fsp3) is 0.0390. The zero-order chi connectivity index (χ0) is 54.3. The number of benzene rings is 11. The maximum Gasteiger partial charge on any atom is 0.159 e. The van der Waals surface area contributed by atoms with Gasteiger partial charge in [-0.1, -0.05) is 255 Å². The van der Waals surface area contributed by atoms with E-state index in [1.165, 1.54) is 54.7 Å². The highest BCUT2D eigenvalue weighted by molar-refractivity contribution is 6.14. The average Bonchev–Trinajstić information content (AvgIpc) is 4.30. The lowest BCUT2D eigenvalue weighted by Gasteiger charge is -2.24. The minimum atomic E-state index is -0.361. The molecule has 15 rings (SSSR count). The Bertz CT molecular complexity index is 4410. The number of aliphatic imine (C=N–C) groups is 2. The maximum atomic E-state index is 5.37. The van der Waals surface area contributed by atoms with Crippen LogP contribution in [0.1, 0.15) is 63.0 Å². The molecule has 1 N–H and O–H groups in total. The SMILES string of the molecule is C1=CCC(c2ccc(C3=NC(c4ccc(C(=C(c5ccc(-n6c7ccccc7c7ccccc76)cc5)c5ccc(-n6c7ccccc7c7ccccc76)cc5)c5ccccc5)cc4)=NC(c4ccc(-c5ccccc5)cc4)N3)cc2)C=C1. The summed E-state index contributed by atoms with van der Waals surface area (Å²) in [4.78, 5) is 10.7. The molecule has 13 aromatic rings. The van der Waals surface area contributed by atoms with Crippen molar-refractivity contribution in [2.45, 2.75) is 18.5 Å². The summed E-state index contributed by atoms with van der Waals surface area (Å²) in [6.45, 7) is 0. The number of hydrogen-bond donors (Lipinski definition) is 1. The zero-order valence-electron chi connectivity index (χ0n) is 45.0. The predicted octanol–water partition coefficient (Wildman–Crippen LogP) is 18.7. The molecule has 2 aromatic heterocycles. The molecule has 0 amide bonds. The summed E-state index contributed by atoms with van der Waals surface area (Å²) in [7, 11) is 0. The first-order valence-corrected chi connectivity index (χ1v) is 28.3. The Morgan fingerprint density at radius 3 is 1.24 bits per heavy atom. The molecule has 5 heteroatoms. The molecule has 5 nitrogen and oxygen atoms in total. The van der Waals surface area contributed by atoms with Crippen LogP contribution < -0.4 is 5.32 Å². The van der Waals surface area contributed by atoms with Gasteiger partial charge in [0.2, 0.25) is 0 Å². The van der Waals surface area contributed by atoms with Crippen LogP contribution in [0.4, 0.5) is 0 Å². The molecule has 0 spiro atoms. The number of fused-ring (bicyclic) bond motifs is 6. The van der Waals surface area contributed by atoms with E-state index in [1.807, 2.05) is 0 Å². The molecule has 0 saturated heterocycles. The van der Waals surface area contributed by atoms with Gasteiger partial charge in [-0.2, -0.15) is 0 Å². The van der Waals surface area contributed by atoms with Crippen molar-refractivity contribution < 1.29 is 0 Å². The quantitative estimate of drug-likeness (QED) is 0.129. The molecule has 0 saturated carbocycles. The van der Waals surface area contributed by atoms with E-state index >= 15 is 0 Å². The van der Waals surface area contributed by atoms with E-state index in [0.717, 1.165) is 79.3 Å². The van der Waals surface area contributed by atoms with Crippen LogP contribution in [-0.2, 0) is 0 Å². The Morgan fingerprint density at radius 2 is 0.756 bits per heavy atom. The summed E-state index contributed by atoms with van der Waals surface area (Å²) in [5.41, 5.74) is 20.3. The lowest BCUT2D eigenvalue weighted by molar-refractivity contribution is 0.674. The predicted molar refractivity (Wildman–Crippen MR) is 342 cm³/mol. The smallest absolute Gasteiger partial charge is 0.159 e. The van der Waals surface area contributed by atoms with E-state index in [4.69, 9.17) is 9.98 Å². The van der Waals surface area contributed by atoms with Gasteiger partial charge in [0.25, 0.3) is 0 Å². The second-order valence-electron chi connectivity index (χ2n) is 21.3. The summed E-state index contributed by atoms with van der Waals surface area (Å²) in [5.74, 6) is 1.82. The van der Waals surface area contributed by atoms with Crippen molar-refractivity contribution in [2.75, 3.05) is 0 Å². The van der Waals surface area contributed by atoms with Crippen LogP contribution in [-0.4, -0.2) is 20.8 Å². The summed E-state index contributed by atoms with van der Waals surface area (Å²) >= 11 is 0. The highest BCUT2D eigenvalue weighted by Crippen LogP contribution is 2.40. The Morgan fingerprint density at radius 1 is 0.354 bits per heavy atom. The van der Waals surface area contributed by atoms with Crippen LogP contribution in [0.5, 0.6) is 0 Å². The minimum Gasteiger partial charge on any atom is -0.344 e. The van der Waals surface area contributed by atoms with Crippen molar-refractivity contribution in [1.82, 2.24) is 14.5 Å². The molecule has 2 aliphatic rings. The largest absolute Gasteiger partial charge is 0.344 e. The third-order valence-electron chi connectivity index (χ3n) is 16.4. The van der Waals surface area contributed by atoms with Crippen molar-refractivity contribution in [1.29, 1.82) is 0 Å². The molecular formula is C77H55N5. The van der Waals surface area contributed by atoms with Gasteiger partial charge < -0.3 is 14.5 Å². The van der Waals surface area contributed by atoms with Gasteiger partial charge in [-0.3, -0.25) is 0 Å². The number of para-hydroxylation sites is 4. The van der Waals surface area contributed by atoms with E-state index in [0.29, 0.717) is 11.8 Å². The Hall–Kier alpha value is -10.6. The van der Waals surface area contributed by atoms with Gasteiger partial charge in [-0.05, 0) is 111 Å². The second-order valence-corrected chi connectivity index (χ2v) is 21.3. The van der Waals surface area contributed by atoms with E-state index in [9.17, 15) is 0 Å². The molecule has 0 fully saturated rings. The van der Waals surface area contributed by atoms with Crippen LogP contribution in [0.3, 0.4) is 0 Å². The monoisotopic (exact) mass is 1050 g/mol. The van der Waals surface area contributed by atoms with Crippen LogP contribution in [0, 0.1) is 0 Å². The topological polar surface area (TPSA) is 46.6 Å². The second kappa shape index (κ2) is 20.9. The molecule has 2 atom stereocenters. The Balaban J connectivity index is 0.868. The average molecular weight is 1050 g/mol. The Labute approximate surface area is 477 Å². The van der Waals surface area contributed by atoms with Gasteiger partial charge >= 0.3 is 0 Å². The van der Waals surface area contributed by atoms with Gasteiger partial charge in [-0.25, -0.2) is 9.98 Å². The summed E-state index contributed by atoms with van der Waals surface area (Å²) in [6, 6.07) is 101. The lowest BCUT2D eigenvalue weighted by Crippen LogP contribution is -2.33. The molecule has 388 valence electrons. The molecule has 2 unspecified atom stereocenters. The summed E-state index contributed by atoms with van der Waals surface area (Å²) in [5, 5.41) is 8.70. The zero-order valence-corrected chi connectivity index (χ0v) is 45.0. The number of amidine groups is 2. The fourth-order valence-corrected chi connectivity index (χ4v) is 12.4. The fourth-order valence-electron chi connectivity index (χ4n) is 12.4. The van der Waals surface area contributed by atoms with E-state index < -0.39 is 0 Å². The minimum absolute atomic E-state index is 0.360. The first-order valence-electron chi connectivity index (χ1n) is 28.3. The molecule has 3 heterocycles. The van der Waals surface area contributed by atoms with Gasteiger partial charge in [0, 0.05) is 50.0 Å². The van der Waals surface area contributed by atoms with E-state index in [-0.39, 0.29) is 6.17 Å². The molecule has 0 radical (unpaired) electrons. The van der Waals surface area contributed by atoms with Crippen LogP contribution in [0.2, 0.25) is 0 Å². The third kappa shape index (κ3) is 8.86. The summed E-state index contributed by atoms with van der Waals surface area (Å²) < 4.78 is 4.78. The van der Waals surface area contributed by atoms with Gasteiger partial charge in [0.05, 0.1) is 22.1 Å². The van der Waals surface area contributed by atoms with Crippen molar-refractivity contribution in [3.8, 4) is 22.5 Å². The number of hydrogen-bond acceptors (Lipinski definition) is 3. The standard InChI is InChI=1S/C77H55N5/c1-4-18-52(19-5-1)54-32-38-60(39-33-54)75-78-76(61-40-34-55(35-41-61)53-20-6-2-7-21-53)80-77(79-75)62-42-36-57(37-43-62)73(56-22-8-3-9-23-56)74(58-44-48-63(49-45-58)81-69-28-14-10-24-65(69)66-25-11-15-29-70(66)81)59-46-50-64(51-47-59)82-71-30-16-12-26-67(71)68-27-13-17-31-72(68)82/h1-20,22-51,53,75H,21H2,(H,78,79,80). The molecular weight excluding hydrogens is 995 g/mol. The molecule has 0 bridgehead atoms. The highest BCUT2D eigenvalue weighted by Gasteiger charge is 2.24. The van der Waals surface area contributed by atoms with Crippen molar-refractivity contribution in [3.05, 3.63) is 348 Å². The van der Waals surface area contributed by atoms with Crippen LogP contribution >= 0.6 is 0 Å². The van der Waals surface area contributed by atoms with E-state index in [2.05, 4.69) is 318 Å². The molecule has 1 aliphatic carbocycles. The molecule has 11 aromatic carbocycles. The number of rotatable bonds is 11. The number of allylic oxidation sites excluding steroid dienone is 4. The van der Waals surface area contributed by atoms with Crippen LogP contribution in [0.25, 0.3) is 77.3 Å².